The van der Waals surface area contributed by atoms with E-state index in [2.05, 4.69) is 6.92 Å². The van der Waals surface area contributed by atoms with Crippen LogP contribution in [0.3, 0.4) is 0 Å². The van der Waals surface area contributed by atoms with Crippen molar-refractivity contribution >= 4 is 6.09 Å². The molecule has 1 amide bonds. The Kier molecular flexibility index (Phi) is 4.73. The van der Waals surface area contributed by atoms with Crippen molar-refractivity contribution in [2.24, 2.45) is 5.73 Å². The van der Waals surface area contributed by atoms with Gasteiger partial charge in [0.05, 0.1) is 0 Å². The van der Waals surface area contributed by atoms with Gasteiger partial charge in [0.2, 0.25) is 0 Å². The number of carbonyl (C=O) groups is 1. The van der Waals surface area contributed by atoms with E-state index < -0.39 is 0 Å². The first-order chi connectivity index (χ1) is 6.77. The molecule has 0 radical (unpaired) electrons. The highest BCUT2D eigenvalue weighted by molar-refractivity contribution is 5.68. The molecule has 2 N–H and O–H groups in total. The minimum atomic E-state index is -0.164. The largest absolute Gasteiger partial charge is 0.446 e. The topological polar surface area (TPSA) is 55.6 Å². The fourth-order valence-electron chi connectivity index (χ4n) is 1.61. The number of carbonyl (C=O) groups excluding carboxylic acids is 1. The van der Waals surface area contributed by atoms with Crippen molar-refractivity contribution in [3.63, 3.8) is 0 Å². The van der Waals surface area contributed by atoms with Gasteiger partial charge in [0, 0.05) is 19.5 Å². The highest BCUT2D eigenvalue weighted by atomic mass is 16.6. The predicted octanol–water partition coefficient (Wildman–Crippen LogP) is 1.35. The summed E-state index contributed by atoms with van der Waals surface area (Å²) in [6.07, 6.45) is 3.75. The molecule has 1 atom stereocenters. The minimum Gasteiger partial charge on any atom is -0.446 e. The Morgan fingerprint density at radius 1 is 1.64 bits per heavy atom. The van der Waals surface area contributed by atoms with Crippen LogP contribution >= 0.6 is 0 Å². The summed E-state index contributed by atoms with van der Waals surface area (Å²) >= 11 is 0. The van der Waals surface area contributed by atoms with Gasteiger partial charge >= 0.3 is 6.09 Å². The molecular formula is C10H20N2O2. The maximum Gasteiger partial charge on any atom is 0.410 e. The fraction of sp³-hybridized carbons (Fsp3) is 0.900. The van der Waals surface area contributed by atoms with Gasteiger partial charge in [0.1, 0.15) is 6.10 Å². The molecule has 0 saturated carbocycles. The Balaban J connectivity index is 2.28. The Morgan fingerprint density at radius 3 is 3.00 bits per heavy atom. The smallest absolute Gasteiger partial charge is 0.410 e. The lowest BCUT2D eigenvalue weighted by Gasteiger charge is -2.31. The Labute approximate surface area is 85.4 Å². The lowest BCUT2D eigenvalue weighted by Crippen LogP contribution is -2.42. The molecule has 0 aromatic heterocycles. The number of hydrogen-bond acceptors (Lipinski definition) is 3. The molecule has 1 aliphatic rings. The molecule has 0 spiro atoms. The van der Waals surface area contributed by atoms with Crippen molar-refractivity contribution in [1.82, 2.24) is 4.90 Å². The second-order valence-electron chi connectivity index (χ2n) is 3.71. The highest BCUT2D eigenvalue weighted by Crippen LogP contribution is 2.14. The number of cyclic esters (lactones) is 1. The maximum absolute atomic E-state index is 11.4. The van der Waals surface area contributed by atoms with Gasteiger partial charge in [-0.2, -0.15) is 0 Å². The van der Waals surface area contributed by atoms with E-state index >= 15 is 0 Å². The van der Waals surface area contributed by atoms with Crippen molar-refractivity contribution in [1.29, 1.82) is 0 Å². The Morgan fingerprint density at radius 2 is 2.43 bits per heavy atom. The second-order valence-corrected chi connectivity index (χ2v) is 3.71. The first-order valence-corrected chi connectivity index (χ1v) is 5.43. The van der Waals surface area contributed by atoms with Gasteiger partial charge in [0.25, 0.3) is 0 Å². The summed E-state index contributed by atoms with van der Waals surface area (Å²) in [7, 11) is 0. The summed E-state index contributed by atoms with van der Waals surface area (Å²) < 4.78 is 5.24. The van der Waals surface area contributed by atoms with Crippen LogP contribution in [-0.4, -0.2) is 36.7 Å². The lowest BCUT2D eigenvalue weighted by molar-refractivity contribution is 0.0223. The summed E-state index contributed by atoms with van der Waals surface area (Å²) in [5, 5.41) is 0. The van der Waals surface area contributed by atoms with Crippen molar-refractivity contribution in [2.45, 2.75) is 38.7 Å². The van der Waals surface area contributed by atoms with Gasteiger partial charge in [-0.1, -0.05) is 13.3 Å². The first-order valence-electron chi connectivity index (χ1n) is 5.43. The summed E-state index contributed by atoms with van der Waals surface area (Å²) in [5.41, 5.74) is 5.41. The zero-order chi connectivity index (χ0) is 10.4. The molecular weight excluding hydrogens is 180 g/mol. The van der Waals surface area contributed by atoms with E-state index in [4.69, 9.17) is 10.5 Å². The van der Waals surface area contributed by atoms with E-state index in [-0.39, 0.29) is 12.2 Å². The molecule has 0 aromatic rings. The molecule has 1 unspecified atom stereocenters. The summed E-state index contributed by atoms with van der Waals surface area (Å²) in [4.78, 5) is 13.2. The van der Waals surface area contributed by atoms with Crippen LogP contribution in [0.15, 0.2) is 0 Å². The average Bonchev–Trinajstić information content (AvgIpc) is 2.17. The molecule has 1 aliphatic heterocycles. The lowest BCUT2D eigenvalue weighted by atomic mass is 10.1. The van der Waals surface area contributed by atoms with E-state index in [1.54, 1.807) is 4.90 Å². The predicted molar refractivity (Wildman–Crippen MR) is 55.0 cm³/mol. The monoisotopic (exact) mass is 200 g/mol. The molecule has 4 heteroatoms. The Bertz CT molecular complexity index is 185. The number of unbranched alkanes of at least 4 members (excludes halogenated alkanes) is 1. The molecule has 1 saturated heterocycles. The zero-order valence-electron chi connectivity index (χ0n) is 8.87. The molecule has 0 bridgehead atoms. The second kappa shape index (κ2) is 5.86. The van der Waals surface area contributed by atoms with E-state index in [1.807, 2.05) is 0 Å². The van der Waals surface area contributed by atoms with E-state index in [9.17, 15) is 4.79 Å². The SMILES string of the molecule is CCCCN1CCC(CCN)OC1=O. The van der Waals surface area contributed by atoms with Gasteiger partial charge < -0.3 is 15.4 Å². The van der Waals surface area contributed by atoms with Gasteiger partial charge in [-0.15, -0.1) is 0 Å². The van der Waals surface area contributed by atoms with Crippen molar-refractivity contribution in [3.8, 4) is 0 Å². The molecule has 82 valence electrons. The van der Waals surface area contributed by atoms with Crippen LogP contribution in [0.1, 0.15) is 32.6 Å². The van der Waals surface area contributed by atoms with Crippen LogP contribution in [0.5, 0.6) is 0 Å². The highest BCUT2D eigenvalue weighted by Gasteiger charge is 2.25. The van der Waals surface area contributed by atoms with Crippen LogP contribution in [0.2, 0.25) is 0 Å². The molecule has 4 nitrogen and oxygen atoms in total. The van der Waals surface area contributed by atoms with Gasteiger partial charge in [-0.25, -0.2) is 4.79 Å². The third-order valence-corrected chi connectivity index (χ3v) is 2.52. The van der Waals surface area contributed by atoms with E-state index in [0.29, 0.717) is 6.54 Å². The standard InChI is InChI=1S/C10H20N2O2/c1-2-3-7-12-8-5-9(4-6-11)14-10(12)13/h9H,2-8,11H2,1H3. The molecule has 1 rings (SSSR count). The molecule has 1 heterocycles. The molecule has 1 fully saturated rings. The number of nitrogens with zero attached hydrogens (tertiary/aromatic N) is 1. The first kappa shape index (κ1) is 11.3. The van der Waals surface area contributed by atoms with Crippen molar-refractivity contribution in [2.75, 3.05) is 19.6 Å². The van der Waals surface area contributed by atoms with Gasteiger partial charge in [-0.05, 0) is 19.4 Å². The number of rotatable bonds is 5. The zero-order valence-corrected chi connectivity index (χ0v) is 8.87. The summed E-state index contributed by atoms with van der Waals surface area (Å²) in [6, 6.07) is 0. The van der Waals surface area contributed by atoms with Crippen LogP contribution < -0.4 is 5.73 Å². The van der Waals surface area contributed by atoms with E-state index in [0.717, 1.165) is 38.8 Å². The van der Waals surface area contributed by atoms with Gasteiger partial charge in [0.15, 0.2) is 0 Å². The molecule has 0 aliphatic carbocycles. The number of amides is 1. The molecule has 0 aromatic carbocycles. The number of hydrogen-bond donors (Lipinski definition) is 1. The van der Waals surface area contributed by atoms with E-state index in [1.165, 1.54) is 0 Å². The maximum atomic E-state index is 11.4. The van der Waals surface area contributed by atoms with Crippen LogP contribution in [0, 0.1) is 0 Å². The third-order valence-electron chi connectivity index (χ3n) is 2.52. The normalized spacial score (nSPS) is 22.3. The fourth-order valence-corrected chi connectivity index (χ4v) is 1.61. The average molecular weight is 200 g/mol. The Hall–Kier alpha value is -0.770. The quantitative estimate of drug-likeness (QED) is 0.728. The number of ether oxygens (including phenoxy) is 1. The number of nitrogens with two attached hydrogens (primary N) is 1. The van der Waals surface area contributed by atoms with Crippen LogP contribution in [0.25, 0.3) is 0 Å². The van der Waals surface area contributed by atoms with Crippen molar-refractivity contribution < 1.29 is 9.53 Å². The third kappa shape index (κ3) is 3.18. The minimum absolute atomic E-state index is 0.0466. The van der Waals surface area contributed by atoms with Crippen LogP contribution in [-0.2, 0) is 4.74 Å². The van der Waals surface area contributed by atoms with Crippen LogP contribution in [0.4, 0.5) is 4.79 Å². The van der Waals surface area contributed by atoms with Crippen molar-refractivity contribution in [3.05, 3.63) is 0 Å². The summed E-state index contributed by atoms with van der Waals surface area (Å²) in [5.74, 6) is 0. The molecule has 14 heavy (non-hydrogen) atoms. The van der Waals surface area contributed by atoms with Gasteiger partial charge in [-0.3, -0.25) is 0 Å². The summed E-state index contributed by atoms with van der Waals surface area (Å²) in [6.45, 7) is 4.35.